The molecule has 1 spiro atoms. The summed E-state index contributed by atoms with van der Waals surface area (Å²) in [6.07, 6.45) is 14.0. The van der Waals surface area contributed by atoms with Crippen LogP contribution in [0.3, 0.4) is 0 Å². The maximum atomic E-state index is 13.6. The van der Waals surface area contributed by atoms with Gasteiger partial charge in [-0.2, -0.15) is 0 Å². The van der Waals surface area contributed by atoms with E-state index in [4.69, 9.17) is 25.8 Å². The number of carbonyl (C=O) groups excluding carboxylic acids is 1. The van der Waals surface area contributed by atoms with Gasteiger partial charge in [-0.05, 0) is 113 Å². The number of hydrogen-bond donors (Lipinski definition) is 1. The van der Waals surface area contributed by atoms with Gasteiger partial charge in [-0.1, -0.05) is 49.1 Å². The Morgan fingerprint density at radius 2 is 2.06 bits per heavy atom. The van der Waals surface area contributed by atoms with Crippen molar-refractivity contribution in [2.75, 3.05) is 58.0 Å². The average molecular weight is 780 g/mol. The SMILES string of the molecule is C=C1/C(=C\C(Cl)=C/C)CCC[C@]12COc1ccc3cc1N(C[C@@H]1CC[C@H]1[C@@](C#CCCN1CCOC[C@@H]1C)(OC)/C=C/C[C@H](C)[C@@H](C)S(=O)(=O)NC3=O)C2. The lowest BCUT2D eigenvalue weighted by Gasteiger charge is -2.49. The van der Waals surface area contributed by atoms with Crippen LogP contribution in [-0.2, 0) is 19.5 Å². The molecular weight excluding hydrogens is 722 g/mol. The summed E-state index contributed by atoms with van der Waals surface area (Å²) >= 11 is 6.52. The van der Waals surface area contributed by atoms with E-state index in [2.05, 4.69) is 45.9 Å². The van der Waals surface area contributed by atoms with Crippen molar-refractivity contribution in [1.29, 1.82) is 0 Å². The summed E-state index contributed by atoms with van der Waals surface area (Å²) in [7, 11) is -2.24. The predicted octanol–water partition coefficient (Wildman–Crippen LogP) is 7.25. The van der Waals surface area contributed by atoms with Crippen LogP contribution in [0.15, 0.2) is 65.3 Å². The van der Waals surface area contributed by atoms with Crippen LogP contribution in [0.5, 0.6) is 5.75 Å². The fourth-order valence-corrected chi connectivity index (χ4v) is 10.2. The van der Waals surface area contributed by atoms with Crippen LogP contribution in [0.4, 0.5) is 5.69 Å². The Hall–Kier alpha value is -3.07. The van der Waals surface area contributed by atoms with Crippen molar-refractivity contribution in [1.82, 2.24) is 9.62 Å². The average Bonchev–Trinajstić information content (AvgIpc) is 3.30. The van der Waals surface area contributed by atoms with Gasteiger partial charge in [0.2, 0.25) is 10.0 Å². The van der Waals surface area contributed by atoms with Gasteiger partial charge in [0.15, 0.2) is 0 Å². The molecule has 1 saturated heterocycles. The first-order chi connectivity index (χ1) is 25.8. The molecule has 3 aliphatic heterocycles. The molecule has 1 aromatic rings. The van der Waals surface area contributed by atoms with Gasteiger partial charge in [0.25, 0.3) is 5.91 Å². The lowest BCUT2D eigenvalue weighted by molar-refractivity contribution is -0.0352. The lowest BCUT2D eigenvalue weighted by atomic mass is 9.64. The molecule has 1 aromatic carbocycles. The van der Waals surface area contributed by atoms with Crippen LogP contribution in [0.25, 0.3) is 0 Å². The number of anilines is 1. The number of sulfonamides is 1. The predicted molar refractivity (Wildman–Crippen MR) is 216 cm³/mol. The zero-order valence-corrected chi connectivity index (χ0v) is 34.2. The Morgan fingerprint density at radius 3 is 2.78 bits per heavy atom. The fourth-order valence-electron chi connectivity index (χ4n) is 8.80. The number of hydrogen-bond acceptors (Lipinski definition) is 8. The molecule has 7 atom stereocenters. The zero-order chi connectivity index (χ0) is 38.7. The van der Waals surface area contributed by atoms with E-state index in [0.717, 1.165) is 75.2 Å². The molecule has 0 unspecified atom stereocenters. The van der Waals surface area contributed by atoms with Crippen molar-refractivity contribution >= 4 is 33.2 Å². The van der Waals surface area contributed by atoms with Gasteiger partial charge >= 0.3 is 0 Å². The summed E-state index contributed by atoms with van der Waals surface area (Å²) in [6.45, 7) is 17.3. The van der Waals surface area contributed by atoms with E-state index in [9.17, 15) is 13.2 Å². The Labute approximate surface area is 328 Å². The highest BCUT2D eigenvalue weighted by Gasteiger charge is 2.49. The normalized spacial score (nSPS) is 34.8. The molecule has 2 bridgehead atoms. The standard InChI is InChI=1S/C43H58ClN3O6S/c1-7-37(44)24-34-13-11-18-42(32(34)4)28-47-26-36-14-16-38(36)43(51-6,19-8-9-21-46-22-23-52-27-31(46)3)20-10-12-30(2)33(5)54(49,50)45-41(48)35-15-17-40(53-29-42)39(47)25-35/h7,10,15,17,20,24-25,30-31,33,36,38H,4,9,11-14,16,18,21-23,26-29H2,1-3,5-6H3,(H,45,48)/b20-10+,34-24-,37-7+/t30-,31-,33+,36-,38+,42-,43-/m0/s1. The van der Waals surface area contributed by atoms with Crippen LogP contribution < -0.4 is 14.4 Å². The summed E-state index contributed by atoms with van der Waals surface area (Å²) in [6, 6.07) is 5.61. The van der Waals surface area contributed by atoms with Gasteiger partial charge < -0.3 is 19.1 Å². The van der Waals surface area contributed by atoms with Gasteiger partial charge in [0.1, 0.15) is 11.4 Å². The molecule has 3 heterocycles. The van der Waals surface area contributed by atoms with Crippen molar-refractivity contribution < 1.29 is 27.4 Å². The van der Waals surface area contributed by atoms with Crippen molar-refractivity contribution in [2.24, 2.45) is 23.2 Å². The number of methoxy groups -OCH3 is 1. The summed E-state index contributed by atoms with van der Waals surface area (Å²) in [5.74, 6) is 7.22. The number of ether oxygens (including phenoxy) is 3. The van der Waals surface area contributed by atoms with E-state index in [-0.39, 0.29) is 28.7 Å². The molecule has 2 saturated carbocycles. The van der Waals surface area contributed by atoms with Gasteiger partial charge in [-0.25, -0.2) is 13.1 Å². The molecule has 0 aromatic heterocycles. The number of benzene rings is 1. The lowest BCUT2D eigenvalue weighted by Crippen LogP contribution is -2.52. The number of carbonyl (C=O) groups is 1. The molecule has 2 aliphatic carbocycles. The minimum atomic E-state index is -3.99. The van der Waals surface area contributed by atoms with E-state index in [1.165, 1.54) is 0 Å². The van der Waals surface area contributed by atoms with Crippen molar-refractivity contribution in [3.05, 3.63) is 70.8 Å². The molecular formula is C43H58ClN3O6S. The summed E-state index contributed by atoms with van der Waals surface area (Å²) in [5.41, 5.74) is 1.98. The van der Waals surface area contributed by atoms with Crippen LogP contribution >= 0.6 is 11.6 Å². The quantitative estimate of drug-likeness (QED) is 0.252. The molecule has 6 rings (SSSR count). The number of fused-ring (bicyclic) bond motifs is 2. The molecule has 3 fully saturated rings. The number of rotatable bonds is 4. The van der Waals surface area contributed by atoms with Gasteiger partial charge in [0.05, 0.1) is 30.8 Å². The summed E-state index contributed by atoms with van der Waals surface area (Å²) < 4.78 is 48.2. The third-order valence-corrected chi connectivity index (χ3v) is 15.0. The first-order valence-corrected chi connectivity index (χ1v) is 21.6. The van der Waals surface area contributed by atoms with E-state index in [0.29, 0.717) is 49.4 Å². The molecule has 1 N–H and O–H groups in total. The summed E-state index contributed by atoms with van der Waals surface area (Å²) in [5, 5.41) is -0.132. The first kappa shape index (κ1) is 40.6. The van der Waals surface area contributed by atoms with Crippen molar-refractivity contribution in [2.45, 2.75) is 89.5 Å². The third kappa shape index (κ3) is 8.51. The maximum absolute atomic E-state index is 13.6. The number of nitrogens with zero attached hydrogens (tertiary/aromatic N) is 2. The van der Waals surface area contributed by atoms with Gasteiger partial charge in [-0.3, -0.25) is 9.69 Å². The Bertz CT molecular complexity index is 1850. The van der Waals surface area contributed by atoms with E-state index in [1.54, 1.807) is 32.2 Å². The molecule has 294 valence electrons. The molecule has 1 amide bonds. The molecule has 0 radical (unpaired) electrons. The highest BCUT2D eigenvalue weighted by molar-refractivity contribution is 7.90. The minimum Gasteiger partial charge on any atom is -0.490 e. The Morgan fingerprint density at radius 1 is 1.24 bits per heavy atom. The first-order valence-electron chi connectivity index (χ1n) is 19.7. The second kappa shape index (κ2) is 17.0. The van der Waals surface area contributed by atoms with E-state index >= 15 is 0 Å². The van der Waals surface area contributed by atoms with Crippen molar-refractivity contribution in [3.8, 4) is 17.6 Å². The highest BCUT2D eigenvalue weighted by Crippen LogP contribution is 2.51. The van der Waals surface area contributed by atoms with E-state index in [1.807, 2.05) is 32.1 Å². The van der Waals surface area contributed by atoms with Crippen LogP contribution in [0.1, 0.15) is 83.0 Å². The topological polar surface area (TPSA) is 97.4 Å². The second-order valence-electron chi connectivity index (χ2n) is 16.1. The second-order valence-corrected chi connectivity index (χ2v) is 18.5. The summed E-state index contributed by atoms with van der Waals surface area (Å²) in [4.78, 5) is 18.4. The molecule has 5 aliphatic rings. The molecule has 11 heteroatoms. The fraction of sp³-hybridized carbons (Fsp3) is 0.605. The van der Waals surface area contributed by atoms with E-state index < -0.39 is 26.8 Å². The van der Waals surface area contributed by atoms with Crippen LogP contribution in [-0.4, -0.2) is 89.2 Å². The highest BCUT2D eigenvalue weighted by atomic mass is 35.5. The number of halogens is 1. The van der Waals surface area contributed by atoms with Gasteiger partial charge in [0, 0.05) is 67.7 Å². The molecule has 54 heavy (non-hydrogen) atoms. The number of allylic oxidation sites excluding steroid dienone is 5. The Balaban J connectivity index is 1.40. The van der Waals surface area contributed by atoms with Crippen LogP contribution in [0.2, 0.25) is 0 Å². The van der Waals surface area contributed by atoms with Crippen molar-refractivity contribution in [3.63, 3.8) is 0 Å². The monoisotopic (exact) mass is 779 g/mol. The molecule has 9 nitrogen and oxygen atoms in total. The number of amides is 1. The third-order valence-electron chi connectivity index (χ3n) is 12.7. The number of nitrogens with one attached hydrogen (secondary N) is 1. The smallest absolute Gasteiger partial charge is 0.264 e. The largest absolute Gasteiger partial charge is 0.490 e. The van der Waals surface area contributed by atoms with Gasteiger partial charge in [-0.15, -0.1) is 0 Å². The minimum absolute atomic E-state index is 0.103. The maximum Gasteiger partial charge on any atom is 0.264 e. The Kier molecular flexibility index (Phi) is 12.8. The van der Waals surface area contributed by atoms with Crippen LogP contribution in [0, 0.1) is 35.0 Å². The number of morpholine rings is 1. The zero-order valence-electron chi connectivity index (χ0n) is 32.7.